The first-order valence-electron chi connectivity index (χ1n) is 5.90. The predicted octanol–water partition coefficient (Wildman–Crippen LogP) is 2.45. The van der Waals surface area contributed by atoms with Crippen LogP contribution in [0, 0.1) is 24.0 Å². The van der Waals surface area contributed by atoms with Crippen molar-refractivity contribution in [3.63, 3.8) is 0 Å². The van der Waals surface area contributed by atoms with Gasteiger partial charge in [0, 0.05) is 11.8 Å². The molecule has 0 fully saturated rings. The van der Waals surface area contributed by atoms with Gasteiger partial charge in [0.15, 0.2) is 0 Å². The van der Waals surface area contributed by atoms with Gasteiger partial charge in [0.2, 0.25) is 0 Å². The van der Waals surface area contributed by atoms with Gasteiger partial charge in [-0.1, -0.05) is 6.07 Å². The van der Waals surface area contributed by atoms with Gasteiger partial charge in [-0.3, -0.25) is 10.1 Å². The van der Waals surface area contributed by atoms with E-state index < -0.39 is 11.0 Å². The molecule has 0 bridgehead atoms. The first kappa shape index (κ1) is 13.2. The number of aliphatic hydroxyl groups is 1. The van der Waals surface area contributed by atoms with E-state index in [0.717, 1.165) is 11.4 Å². The van der Waals surface area contributed by atoms with Crippen LogP contribution in [-0.2, 0) is 0 Å². The van der Waals surface area contributed by atoms with E-state index in [2.05, 4.69) is 5.10 Å². The standard InChI is InChI=1S/C13H15N3O3/c1-8-6-9(2)15(14-8)12-5-4-11(10(3)17)7-13(12)16(18)19/h4-7,10,17H,1-3H3. The maximum Gasteiger partial charge on any atom is 0.295 e. The second-order valence-corrected chi connectivity index (χ2v) is 4.52. The summed E-state index contributed by atoms with van der Waals surface area (Å²) in [7, 11) is 0. The molecule has 0 aliphatic carbocycles. The fourth-order valence-electron chi connectivity index (χ4n) is 2.00. The Bertz CT molecular complexity index is 632. The Morgan fingerprint density at radius 3 is 2.53 bits per heavy atom. The lowest BCUT2D eigenvalue weighted by atomic mass is 10.1. The van der Waals surface area contributed by atoms with E-state index in [-0.39, 0.29) is 5.69 Å². The summed E-state index contributed by atoms with van der Waals surface area (Å²) in [5, 5.41) is 24.9. The minimum Gasteiger partial charge on any atom is -0.389 e. The summed E-state index contributed by atoms with van der Waals surface area (Å²) in [5.41, 5.74) is 2.47. The molecule has 0 aliphatic rings. The molecule has 1 unspecified atom stereocenters. The van der Waals surface area contributed by atoms with Gasteiger partial charge in [-0.25, -0.2) is 4.68 Å². The third kappa shape index (κ3) is 2.48. The quantitative estimate of drug-likeness (QED) is 0.679. The van der Waals surface area contributed by atoms with Gasteiger partial charge in [-0.15, -0.1) is 0 Å². The third-order valence-corrected chi connectivity index (χ3v) is 2.92. The molecule has 1 atom stereocenters. The van der Waals surface area contributed by atoms with E-state index in [1.54, 1.807) is 23.7 Å². The molecule has 0 radical (unpaired) electrons. The average molecular weight is 261 g/mol. The van der Waals surface area contributed by atoms with Crippen molar-refractivity contribution in [1.29, 1.82) is 0 Å². The van der Waals surface area contributed by atoms with Gasteiger partial charge in [-0.05, 0) is 38.5 Å². The van der Waals surface area contributed by atoms with E-state index in [4.69, 9.17) is 0 Å². The van der Waals surface area contributed by atoms with Crippen LogP contribution in [0.5, 0.6) is 0 Å². The molecule has 0 saturated carbocycles. The number of aryl methyl sites for hydroxylation is 2. The van der Waals surface area contributed by atoms with Crippen LogP contribution in [0.1, 0.15) is 30.0 Å². The smallest absolute Gasteiger partial charge is 0.295 e. The molecule has 6 heteroatoms. The molecule has 0 spiro atoms. The van der Waals surface area contributed by atoms with Crippen LogP contribution in [0.4, 0.5) is 5.69 Å². The van der Waals surface area contributed by atoms with Crippen LogP contribution >= 0.6 is 0 Å². The van der Waals surface area contributed by atoms with Gasteiger partial charge in [-0.2, -0.15) is 5.10 Å². The minimum atomic E-state index is -0.742. The number of aromatic nitrogens is 2. The molecule has 1 N–H and O–H groups in total. The second-order valence-electron chi connectivity index (χ2n) is 4.52. The molecule has 100 valence electrons. The molecule has 1 heterocycles. The molecular weight excluding hydrogens is 246 g/mol. The molecule has 2 aromatic rings. The van der Waals surface area contributed by atoms with Crippen molar-refractivity contribution in [2.45, 2.75) is 26.9 Å². The lowest BCUT2D eigenvalue weighted by Gasteiger charge is -2.09. The van der Waals surface area contributed by atoms with Crippen LogP contribution in [0.25, 0.3) is 5.69 Å². The van der Waals surface area contributed by atoms with Crippen molar-refractivity contribution < 1.29 is 10.0 Å². The Labute approximate surface area is 110 Å². The number of hydrogen-bond donors (Lipinski definition) is 1. The Hall–Kier alpha value is -2.21. The normalized spacial score (nSPS) is 12.4. The zero-order chi connectivity index (χ0) is 14.2. The van der Waals surface area contributed by atoms with Gasteiger partial charge in [0.1, 0.15) is 5.69 Å². The molecular formula is C13H15N3O3. The van der Waals surface area contributed by atoms with Crippen molar-refractivity contribution in [2.75, 3.05) is 0 Å². The fraction of sp³-hybridized carbons (Fsp3) is 0.308. The molecule has 19 heavy (non-hydrogen) atoms. The zero-order valence-electron chi connectivity index (χ0n) is 11.0. The summed E-state index contributed by atoms with van der Waals surface area (Å²) in [5.74, 6) is 0. The second kappa shape index (κ2) is 4.81. The maximum atomic E-state index is 11.2. The SMILES string of the molecule is Cc1cc(C)n(-c2ccc(C(C)O)cc2[N+](=O)[O-])n1. The largest absolute Gasteiger partial charge is 0.389 e. The summed E-state index contributed by atoms with van der Waals surface area (Å²) in [6.45, 7) is 5.24. The van der Waals surface area contributed by atoms with Crippen LogP contribution in [-0.4, -0.2) is 19.8 Å². The average Bonchev–Trinajstić information content (AvgIpc) is 2.67. The summed E-state index contributed by atoms with van der Waals surface area (Å²) >= 11 is 0. The van der Waals surface area contributed by atoms with Crippen molar-refractivity contribution >= 4 is 5.69 Å². The Kier molecular flexibility index (Phi) is 3.35. The van der Waals surface area contributed by atoms with Gasteiger partial charge < -0.3 is 5.11 Å². The number of aliphatic hydroxyl groups excluding tert-OH is 1. The zero-order valence-corrected chi connectivity index (χ0v) is 11.0. The van der Waals surface area contributed by atoms with E-state index in [1.165, 1.54) is 6.07 Å². The number of benzene rings is 1. The monoisotopic (exact) mass is 261 g/mol. The Morgan fingerprint density at radius 1 is 1.37 bits per heavy atom. The Balaban J connectivity index is 2.63. The molecule has 1 aromatic carbocycles. The minimum absolute atomic E-state index is 0.0652. The topological polar surface area (TPSA) is 81.2 Å². The van der Waals surface area contributed by atoms with Crippen molar-refractivity contribution in [3.8, 4) is 5.69 Å². The first-order valence-corrected chi connectivity index (χ1v) is 5.90. The highest BCUT2D eigenvalue weighted by atomic mass is 16.6. The highest BCUT2D eigenvalue weighted by Crippen LogP contribution is 2.27. The highest BCUT2D eigenvalue weighted by molar-refractivity contribution is 5.54. The lowest BCUT2D eigenvalue weighted by Crippen LogP contribution is -2.05. The molecule has 0 saturated heterocycles. The highest BCUT2D eigenvalue weighted by Gasteiger charge is 2.19. The molecule has 1 aromatic heterocycles. The summed E-state index contributed by atoms with van der Waals surface area (Å²) in [4.78, 5) is 10.7. The van der Waals surface area contributed by atoms with Gasteiger partial charge in [0.25, 0.3) is 5.69 Å². The number of nitro benzene ring substituents is 1. The van der Waals surface area contributed by atoms with Crippen LogP contribution in [0.3, 0.4) is 0 Å². The van der Waals surface area contributed by atoms with Crippen molar-refractivity contribution in [2.24, 2.45) is 0 Å². The van der Waals surface area contributed by atoms with Crippen LogP contribution in [0.2, 0.25) is 0 Å². The number of hydrogen-bond acceptors (Lipinski definition) is 4. The first-order chi connectivity index (χ1) is 8.90. The van der Waals surface area contributed by atoms with Crippen molar-refractivity contribution in [1.82, 2.24) is 9.78 Å². The summed E-state index contributed by atoms with van der Waals surface area (Å²) < 4.78 is 1.54. The summed E-state index contributed by atoms with van der Waals surface area (Å²) in [6.07, 6.45) is -0.742. The molecule has 2 rings (SSSR count). The summed E-state index contributed by atoms with van der Waals surface area (Å²) in [6, 6.07) is 6.52. The van der Waals surface area contributed by atoms with Crippen LogP contribution in [0.15, 0.2) is 24.3 Å². The van der Waals surface area contributed by atoms with E-state index >= 15 is 0 Å². The third-order valence-electron chi connectivity index (χ3n) is 2.92. The number of nitrogens with zero attached hydrogens (tertiary/aromatic N) is 3. The number of nitro groups is 1. The van der Waals surface area contributed by atoms with Crippen molar-refractivity contribution in [3.05, 3.63) is 51.3 Å². The molecule has 0 aliphatic heterocycles. The fourth-order valence-corrected chi connectivity index (χ4v) is 2.00. The van der Waals surface area contributed by atoms with E-state index in [1.807, 2.05) is 19.9 Å². The lowest BCUT2D eigenvalue weighted by molar-refractivity contribution is -0.384. The Morgan fingerprint density at radius 2 is 2.05 bits per heavy atom. The molecule has 6 nitrogen and oxygen atoms in total. The molecule has 0 amide bonds. The van der Waals surface area contributed by atoms with Gasteiger partial charge in [0.05, 0.1) is 16.7 Å². The van der Waals surface area contributed by atoms with E-state index in [0.29, 0.717) is 11.3 Å². The predicted molar refractivity (Wildman–Crippen MR) is 70.3 cm³/mol. The van der Waals surface area contributed by atoms with Gasteiger partial charge >= 0.3 is 0 Å². The van der Waals surface area contributed by atoms with E-state index in [9.17, 15) is 15.2 Å². The number of rotatable bonds is 3. The maximum absolute atomic E-state index is 11.2. The van der Waals surface area contributed by atoms with Crippen LogP contribution < -0.4 is 0 Å².